The van der Waals surface area contributed by atoms with Gasteiger partial charge in [-0.3, -0.25) is 10.00 Å². The maximum atomic E-state index is 11.4. The number of carboxylic acids is 1. The molecule has 22 heavy (non-hydrogen) atoms. The van der Waals surface area contributed by atoms with Gasteiger partial charge in [-0.2, -0.15) is 5.10 Å². The number of aromatic carboxylic acids is 1. The van der Waals surface area contributed by atoms with Crippen molar-refractivity contribution < 1.29 is 9.90 Å². The zero-order valence-corrected chi connectivity index (χ0v) is 12.7. The van der Waals surface area contributed by atoms with E-state index in [1.807, 2.05) is 18.3 Å². The maximum absolute atomic E-state index is 11.4. The fraction of sp³-hybridized carbons (Fsp3) is 0.412. The lowest BCUT2D eigenvalue weighted by atomic mass is 9.96. The fourth-order valence-corrected chi connectivity index (χ4v) is 3.29. The Bertz CT molecular complexity index is 665. The van der Waals surface area contributed by atoms with Crippen LogP contribution < -0.4 is 0 Å². The predicted octanol–water partition coefficient (Wildman–Crippen LogP) is 3.14. The summed E-state index contributed by atoms with van der Waals surface area (Å²) in [5.74, 6) is -0.859. The molecule has 0 spiro atoms. The Morgan fingerprint density at radius 3 is 2.95 bits per heavy atom. The molecule has 1 aliphatic rings. The molecule has 0 saturated carbocycles. The SMILES string of the molecule is Cc1cn[nH]c1[C@H]1CCCCN1Cc1ccccc1C(=O)O. The number of aryl methyl sites for hydroxylation is 1. The van der Waals surface area contributed by atoms with Gasteiger partial charge in [-0.15, -0.1) is 0 Å². The zero-order chi connectivity index (χ0) is 15.5. The van der Waals surface area contributed by atoms with Gasteiger partial charge in [0.05, 0.1) is 23.5 Å². The van der Waals surface area contributed by atoms with Crippen LogP contribution in [0, 0.1) is 6.92 Å². The number of rotatable bonds is 4. The second kappa shape index (κ2) is 6.32. The van der Waals surface area contributed by atoms with Crippen LogP contribution in [0.2, 0.25) is 0 Å². The van der Waals surface area contributed by atoms with Crippen LogP contribution in [0.1, 0.15) is 52.5 Å². The number of carbonyl (C=O) groups is 1. The number of nitrogens with zero attached hydrogens (tertiary/aromatic N) is 2. The van der Waals surface area contributed by atoms with E-state index >= 15 is 0 Å². The van der Waals surface area contributed by atoms with Crippen LogP contribution in [0.4, 0.5) is 0 Å². The normalized spacial score (nSPS) is 19.2. The molecule has 116 valence electrons. The van der Waals surface area contributed by atoms with Gasteiger partial charge in [-0.25, -0.2) is 4.79 Å². The smallest absolute Gasteiger partial charge is 0.336 e. The third kappa shape index (κ3) is 2.90. The fourth-order valence-electron chi connectivity index (χ4n) is 3.29. The second-order valence-electron chi connectivity index (χ2n) is 5.91. The van der Waals surface area contributed by atoms with Crippen molar-refractivity contribution in [1.29, 1.82) is 0 Å². The molecular formula is C17H21N3O2. The highest BCUT2D eigenvalue weighted by atomic mass is 16.4. The molecule has 2 aromatic rings. The lowest BCUT2D eigenvalue weighted by Gasteiger charge is -2.35. The van der Waals surface area contributed by atoms with Crippen LogP contribution >= 0.6 is 0 Å². The summed E-state index contributed by atoms with van der Waals surface area (Å²) in [7, 11) is 0. The summed E-state index contributed by atoms with van der Waals surface area (Å²) in [5, 5.41) is 16.6. The van der Waals surface area contributed by atoms with Crippen LogP contribution in [-0.4, -0.2) is 32.7 Å². The number of piperidine rings is 1. The van der Waals surface area contributed by atoms with Crippen molar-refractivity contribution in [3.05, 3.63) is 52.8 Å². The van der Waals surface area contributed by atoms with Crippen LogP contribution in [0.3, 0.4) is 0 Å². The summed E-state index contributed by atoms with van der Waals surface area (Å²) in [6, 6.07) is 7.56. The van der Waals surface area contributed by atoms with Gasteiger partial charge in [0.2, 0.25) is 0 Å². The van der Waals surface area contributed by atoms with Crippen LogP contribution in [0.25, 0.3) is 0 Å². The van der Waals surface area contributed by atoms with E-state index in [1.165, 1.54) is 12.0 Å². The molecule has 0 radical (unpaired) electrons. The molecule has 2 N–H and O–H groups in total. The Labute approximate surface area is 130 Å². The monoisotopic (exact) mass is 299 g/mol. The molecular weight excluding hydrogens is 278 g/mol. The molecule has 5 nitrogen and oxygen atoms in total. The summed E-state index contributed by atoms with van der Waals surface area (Å²) in [4.78, 5) is 13.8. The first kappa shape index (κ1) is 14.8. The summed E-state index contributed by atoms with van der Waals surface area (Å²) in [6.45, 7) is 3.71. The number of hydrogen-bond acceptors (Lipinski definition) is 3. The highest BCUT2D eigenvalue weighted by Gasteiger charge is 2.27. The number of H-pyrrole nitrogens is 1. The Morgan fingerprint density at radius 1 is 1.41 bits per heavy atom. The Hall–Kier alpha value is -2.14. The minimum absolute atomic E-state index is 0.290. The third-order valence-corrected chi connectivity index (χ3v) is 4.44. The molecule has 0 bridgehead atoms. The zero-order valence-electron chi connectivity index (χ0n) is 12.7. The summed E-state index contributed by atoms with van der Waals surface area (Å²) in [6.07, 6.45) is 5.28. The van der Waals surface area contributed by atoms with Gasteiger partial charge in [-0.1, -0.05) is 24.6 Å². The first-order chi connectivity index (χ1) is 10.7. The number of benzene rings is 1. The third-order valence-electron chi connectivity index (χ3n) is 4.44. The predicted molar refractivity (Wildman–Crippen MR) is 83.7 cm³/mol. The van der Waals surface area contributed by atoms with Crippen molar-refractivity contribution in [2.24, 2.45) is 0 Å². The van der Waals surface area contributed by atoms with Gasteiger partial charge in [0.15, 0.2) is 0 Å². The molecule has 1 aromatic carbocycles. The van der Waals surface area contributed by atoms with E-state index in [4.69, 9.17) is 0 Å². The van der Waals surface area contributed by atoms with Crippen LogP contribution in [0.5, 0.6) is 0 Å². The largest absolute Gasteiger partial charge is 0.478 e. The van der Waals surface area contributed by atoms with Crippen LogP contribution in [-0.2, 0) is 6.54 Å². The molecule has 1 aromatic heterocycles. The summed E-state index contributed by atoms with van der Waals surface area (Å²) in [5.41, 5.74) is 3.60. The number of carboxylic acid groups (broad SMARTS) is 1. The van der Waals surface area contributed by atoms with Crippen molar-refractivity contribution in [2.75, 3.05) is 6.54 Å². The number of aromatic nitrogens is 2. The first-order valence-electron chi connectivity index (χ1n) is 7.72. The number of likely N-dealkylation sites (tertiary alicyclic amines) is 1. The van der Waals surface area contributed by atoms with Crippen molar-refractivity contribution in [2.45, 2.75) is 38.8 Å². The first-order valence-corrected chi connectivity index (χ1v) is 7.72. The van der Waals surface area contributed by atoms with Gasteiger partial charge in [0.25, 0.3) is 0 Å². The lowest BCUT2D eigenvalue weighted by Crippen LogP contribution is -2.34. The van der Waals surface area contributed by atoms with Crippen molar-refractivity contribution in [3.8, 4) is 0 Å². The number of nitrogens with one attached hydrogen (secondary N) is 1. The highest BCUT2D eigenvalue weighted by molar-refractivity contribution is 5.89. The van der Waals surface area contributed by atoms with Gasteiger partial charge in [-0.05, 0) is 43.5 Å². The minimum Gasteiger partial charge on any atom is -0.478 e. The molecule has 0 amide bonds. The van der Waals surface area contributed by atoms with E-state index in [9.17, 15) is 9.90 Å². The number of hydrogen-bond donors (Lipinski definition) is 2. The molecule has 2 heterocycles. The molecule has 1 atom stereocenters. The maximum Gasteiger partial charge on any atom is 0.336 e. The van der Waals surface area contributed by atoms with Crippen molar-refractivity contribution in [3.63, 3.8) is 0 Å². The van der Waals surface area contributed by atoms with E-state index in [0.29, 0.717) is 12.1 Å². The van der Waals surface area contributed by atoms with Crippen LogP contribution in [0.15, 0.2) is 30.5 Å². The van der Waals surface area contributed by atoms with E-state index in [2.05, 4.69) is 22.0 Å². The van der Waals surface area contributed by atoms with Gasteiger partial charge < -0.3 is 5.11 Å². The molecule has 3 rings (SSSR count). The van der Waals surface area contributed by atoms with Gasteiger partial charge >= 0.3 is 5.97 Å². The van der Waals surface area contributed by atoms with E-state index in [0.717, 1.165) is 30.6 Å². The van der Waals surface area contributed by atoms with Gasteiger partial charge in [0.1, 0.15) is 0 Å². The molecule has 1 aliphatic heterocycles. The molecule has 1 saturated heterocycles. The average Bonchev–Trinajstić information content (AvgIpc) is 2.94. The Morgan fingerprint density at radius 2 is 2.23 bits per heavy atom. The standard InChI is InChI=1S/C17H21N3O2/c1-12-10-18-19-16(12)15-8-4-5-9-20(15)11-13-6-2-3-7-14(13)17(21)22/h2-3,6-7,10,15H,4-5,8-9,11H2,1H3,(H,18,19)(H,21,22)/t15-/m1/s1. The molecule has 0 aliphatic carbocycles. The Balaban J connectivity index is 1.86. The van der Waals surface area contributed by atoms with Crippen molar-refractivity contribution >= 4 is 5.97 Å². The summed E-state index contributed by atoms with van der Waals surface area (Å²) >= 11 is 0. The molecule has 0 unspecified atom stereocenters. The summed E-state index contributed by atoms with van der Waals surface area (Å²) < 4.78 is 0. The molecule has 1 fully saturated rings. The van der Waals surface area contributed by atoms with Gasteiger partial charge in [0, 0.05) is 6.54 Å². The quantitative estimate of drug-likeness (QED) is 0.910. The van der Waals surface area contributed by atoms with Crippen molar-refractivity contribution in [1.82, 2.24) is 15.1 Å². The topological polar surface area (TPSA) is 69.2 Å². The second-order valence-corrected chi connectivity index (χ2v) is 5.91. The molecule has 5 heteroatoms. The average molecular weight is 299 g/mol. The Kier molecular flexibility index (Phi) is 4.24. The lowest BCUT2D eigenvalue weighted by molar-refractivity contribution is 0.0692. The minimum atomic E-state index is -0.859. The van der Waals surface area contributed by atoms with E-state index in [-0.39, 0.29) is 6.04 Å². The van der Waals surface area contributed by atoms with E-state index < -0.39 is 5.97 Å². The number of aromatic amines is 1. The highest BCUT2D eigenvalue weighted by Crippen LogP contribution is 2.32. The van der Waals surface area contributed by atoms with E-state index in [1.54, 1.807) is 12.1 Å².